The number of anilines is 1. The number of aryl methyl sites for hydroxylation is 2. The summed E-state index contributed by atoms with van der Waals surface area (Å²) in [5.41, 5.74) is 8.52. The molecule has 0 atom stereocenters. The average molecular weight is 273 g/mol. The van der Waals surface area contributed by atoms with E-state index in [1.165, 1.54) is 5.56 Å². The van der Waals surface area contributed by atoms with Crippen molar-refractivity contribution < 1.29 is 9.53 Å². The Balaban J connectivity index is 2.31. The molecule has 5 nitrogen and oxygen atoms in total. The zero-order valence-electron chi connectivity index (χ0n) is 12.0. The Morgan fingerprint density at radius 1 is 1.40 bits per heavy atom. The summed E-state index contributed by atoms with van der Waals surface area (Å²) in [5, 5.41) is 0. The smallest absolute Gasteiger partial charge is 0.360 e. The van der Waals surface area contributed by atoms with Crippen LogP contribution in [0.2, 0.25) is 0 Å². The molecule has 106 valence electrons. The SMILES string of the molecule is CCOC(=O)c1nc(C)n(Cc2cccc(C)c2)c1N. The van der Waals surface area contributed by atoms with Gasteiger partial charge in [-0.15, -0.1) is 0 Å². The third-order valence-corrected chi connectivity index (χ3v) is 3.09. The van der Waals surface area contributed by atoms with Crippen LogP contribution in [-0.2, 0) is 11.3 Å². The summed E-state index contributed by atoms with van der Waals surface area (Å²) in [4.78, 5) is 16.0. The summed E-state index contributed by atoms with van der Waals surface area (Å²) in [6.45, 7) is 6.52. The van der Waals surface area contributed by atoms with Crippen LogP contribution in [0.15, 0.2) is 24.3 Å². The largest absolute Gasteiger partial charge is 0.461 e. The Labute approximate surface area is 118 Å². The minimum atomic E-state index is -0.476. The summed E-state index contributed by atoms with van der Waals surface area (Å²) < 4.78 is 6.77. The molecule has 0 radical (unpaired) electrons. The van der Waals surface area contributed by atoms with E-state index in [1.807, 2.05) is 36.6 Å². The average Bonchev–Trinajstić information content (AvgIpc) is 2.67. The van der Waals surface area contributed by atoms with E-state index in [1.54, 1.807) is 6.92 Å². The van der Waals surface area contributed by atoms with Crippen molar-refractivity contribution in [3.63, 3.8) is 0 Å². The number of nitrogen functional groups attached to an aromatic ring is 1. The van der Waals surface area contributed by atoms with Crippen LogP contribution in [0.25, 0.3) is 0 Å². The van der Waals surface area contributed by atoms with Crippen LogP contribution in [0, 0.1) is 13.8 Å². The first-order chi connectivity index (χ1) is 9.52. The fourth-order valence-electron chi connectivity index (χ4n) is 2.12. The summed E-state index contributed by atoms with van der Waals surface area (Å²) in [5.74, 6) is 0.575. The molecule has 0 aliphatic carbocycles. The molecule has 20 heavy (non-hydrogen) atoms. The molecule has 2 rings (SSSR count). The van der Waals surface area contributed by atoms with Gasteiger partial charge in [-0.25, -0.2) is 9.78 Å². The van der Waals surface area contributed by atoms with Gasteiger partial charge in [0.1, 0.15) is 11.6 Å². The number of nitrogens with zero attached hydrogens (tertiary/aromatic N) is 2. The highest BCUT2D eigenvalue weighted by atomic mass is 16.5. The summed E-state index contributed by atoms with van der Waals surface area (Å²) >= 11 is 0. The van der Waals surface area contributed by atoms with Crippen molar-refractivity contribution in [2.45, 2.75) is 27.3 Å². The van der Waals surface area contributed by atoms with E-state index in [0.717, 1.165) is 5.56 Å². The standard InChI is InChI=1S/C15H19N3O2/c1-4-20-15(19)13-14(16)18(11(3)17-13)9-12-7-5-6-10(2)8-12/h5-8H,4,9,16H2,1-3H3. The highest BCUT2D eigenvalue weighted by molar-refractivity contribution is 5.92. The van der Waals surface area contributed by atoms with Crippen LogP contribution in [0.5, 0.6) is 0 Å². The molecule has 0 fully saturated rings. The monoisotopic (exact) mass is 273 g/mol. The van der Waals surface area contributed by atoms with Crippen LogP contribution in [-0.4, -0.2) is 22.1 Å². The molecule has 5 heteroatoms. The van der Waals surface area contributed by atoms with E-state index in [9.17, 15) is 4.79 Å². The molecule has 1 aromatic heterocycles. The molecule has 0 saturated carbocycles. The quantitative estimate of drug-likeness (QED) is 0.868. The van der Waals surface area contributed by atoms with E-state index < -0.39 is 5.97 Å². The number of aromatic nitrogens is 2. The normalized spacial score (nSPS) is 10.6. The highest BCUT2D eigenvalue weighted by Crippen LogP contribution is 2.18. The van der Waals surface area contributed by atoms with Crippen molar-refractivity contribution in [3.05, 3.63) is 46.9 Å². The molecule has 0 amide bonds. The Bertz CT molecular complexity index is 632. The Hall–Kier alpha value is -2.30. The lowest BCUT2D eigenvalue weighted by Crippen LogP contribution is -2.10. The van der Waals surface area contributed by atoms with E-state index in [4.69, 9.17) is 10.5 Å². The zero-order chi connectivity index (χ0) is 14.7. The number of benzene rings is 1. The van der Waals surface area contributed by atoms with Crippen molar-refractivity contribution in [3.8, 4) is 0 Å². The lowest BCUT2D eigenvalue weighted by Gasteiger charge is -2.08. The maximum atomic E-state index is 11.8. The second-order valence-electron chi connectivity index (χ2n) is 4.69. The predicted octanol–water partition coefficient (Wildman–Crippen LogP) is 2.31. The molecule has 0 unspecified atom stereocenters. The van der Waals surface area contributed by atoms with Gasteiger partial charge in [0, 0.05) is 0 Å². The number of carbonyl (C=O) groups is 1. The van der Waals surface area contributed by atoms with Crippen LogP contribution < -0.4 is 5.73 Å². The molecular formula is C15H19N3O2. The molecule has 2 aromatic rings. The lowest BCUT2D eigenvalue weighted by molar-refractivity contribution is 0.0521. The second kappa shape index (κ2) is 5.77. The van der Waals surface area contributed by atoms with Gasteiger partial charge < -0.3 is 15.0 Å². The van der Waals surface area contributed by atoms with Gasteiger partial charge in [-0.1, -0.05) is 29.8 Å². The first-order valence-electron chi connectivity index (χ1n) is 6.58. The van der Waals surface area contributed by atoms with E-state index >= 15 is 0 Å². The first-order valence-corrected chi connectivity index (χ1v) is 6.58. The van der Waals surface area contributed by atoms with E-state index in [0.29, 0.717) is 24.8 Å². The van der Waals surface area contributed by atoms with Crippen LogP contribution in [0.1, 0.15) is 34.4 Å². The van der Waals surface area contributed by atoms with Gasteiger partial charge in [0.2, 0.25) is 0 Å². The third kappa shape index (κ3) is 2.82. The Kier molecular flexibility index (Phi) is 4.08. The number of hydrogen-bond acceptors (Lipinski definition) is 4. The number of carbonyl (C=O) groups excluding carboxylic acids is 1. The minimum absolute atomic E-state index is 0.192. The molecule has 0 aliphatic heterocycles. The van der Waals surface area contributed by atoms with Crippen LogP contribution in [0.4, 0.5) is 5.82 Å². The predicted molar refractivity (Wildman–Crippen MR) is 77.6 cm³/mol. The topological polar surface area (TPSA) is 70.1 Å². The molecule has 0 bridgehead atoms. The number of nitrogens with two attached hydrogens (primary N) is 1. The second-order valence-corrected chi connectivity index (χ2v) is 4.69. The van der Waals surface area contributed by atoms with Crippen molar-refractivity contribution in [2.24, 2.45) is 0 Å². The van der Waals surface area contributed by atoms with Gasteiger partial charge in [0.25, 0.3) is 0 Å². The number of hydrogen-bond donors (Lipinski definition) is 1. The van der Waals surface area contributed by atoms with Gasteiger partial charge in [-0.3, -0.25) is 0 Å². The van der Waals surface area contributed by atoms with Gasteiger partial charge in [0.05, 0.1) is 13.2 Å². The van der Waals surface area contributed by atoms with E-state index in [2.05, 4.69) is 11.1 Å². The molecular weight excluding hydrogens is 254 g/mol. The van der Waals surface area contributed by atoms with Gasteiger partial charge in [-0.2, -0.15) is 0 Å². The number of esters is 1. The maximum Gasteiger partial charge on any atom is 0.360 e. The Morgan fingerprint density at radius 3 is 2.80 bits per heavy atom. The van der Waals surface area contributed by atoms with Gasteiger partial charge in [-0.05, 0) is 26.3 Å². The van der Waals surface area contributed by atoms with E-state index in [-0.39, 0.29) is 5.69 Å². The lowest BCUT2D eigenvalue weighted by atomic mass is 10.1. The van der Waals surface area contributed by atoms with Crippen LogP contribution >= 0.6 is 0 Å². The van der Waals surface area contributed by atoms with Crippen molar-refractivity contribution in [1.82, 2.24) is 9.55 Å². The molecule has 0 spiro atoms. The molecule has 1 heterocycles. The summed E-state index contributed by atoms with van der Waals surface area (Å²) in [6, 6.07) is 8.15. The van der Waals surface area contributed by atoms with Crippen molar-refractivity contribution in [2.75, 3.05) is 12.3 Å². The zero-order valence-corrected chi connectivity index (χ0v) is 12.0. The number of ether oxygens (including phenoxy) is 1. The maximum absolute atomic E-state index is 11.8. The summed E-state index contributed by atoms with van der Waals surface area (Å²) in [6.07, 6.45) is 0. The minimum Gasteiger partial charge on any atom is -0.461 e. The molecule has 2 N–H and O–H groups in total. The molecule has 0 aliphatic rings. The molecule has 1 aromatic carbocycles. The Morgan fingerprint density at radius 2 is 2.15 bits per heavy atom. The van der Waals surface area contributed by atoms with Crippen molar-refractivity contribution in [1.29, 1.82) is 0 Å². The number of imidazole rings is 1. The highest BCUT2D eigenvalue weighted by Gasteiger charge is 2.19. The van der Waals surface area contributed by atoms with Gasteiger partial charge in [0.15, 0.2) is 5.69 Å². The van der Waals surface area contributed by atoms with Crippen LogP contribution in [0.3, 0.4) is 0 Å². The fraction of sp³-hybridized carbons (Fsp3) is 0.333. The summed E-state index contributed by atoms with van der Waals surface area (Å²) in [7, 11) is 0. The van der Waals surface area contributed by atoms with Crippen molar-refractivity contribution >= 4 is 11.8 Å². The fourth-order valence-corrected chi connectivity index (χ4v) is 2.12. The number of rotatable bonds is 4. The first kappa shape index (κ1) is 14.1. The van der Waals surface area contributed by atoms with Gasteiger partial charge >= 0.3 is 5.97 Å². The third-order valence-electron chi connectivity index (χ3n) is 3.09. The molecule has 0 saturated heterocycles.